The number of amides is 1. The number of benzene rings is 2. The van der Waals surface area contributed by atoms with Crippen molar-refractivity contribution >= 4 is 55.6 Å². The third kappa shape index (κ3) is 5.61. The molecule has 0 unspecified atom stereocenters. The van der Waals surface area contributed by atoms with Crippen LogP contribution in [0.15, 0.2) is 40.7 Å². The van der Waals surface area contributed by atoms with Gasteiger partial charge in [0.2, 0.25) is 9.47 Å². The summed E-state index contributed by atoms with van der Waals surface area (Å²) in [6.07, 6.45) is 0.556. The second kappa shape index (κ2) is 9.62. The zero-order chi connectivity index (χ0) is 22.8. The Morgan fingerprint density at radius 3 is 2.52 bits per heavy atom. The van der Waals surface area contributed by atoms with E-state index < -0.39 is 22.0 Å². The molecule has 3 aromatic rings. The van der Waals surface area contributed by atoms with Gasteiger partial charge in [0.1, 0.15) is 0 Å². The van der Waals surface area contributed by atoms with E-state index >= 15 is 0 Å². The zero-order valence-electron chi connectivity index (χ0n) is 16.9. The molecule has 0 radical (unpaired) electrons. The summed E-state index contributed by atoms with van der Waals surface area (Å²) in [6.45, 7) is 5.82. The van der Waals surface area contributed by atoms with Crippen molar-refractivity contribution in [1.29, 1.82) is 0 Å². The SMILES string of the molecule is CC[C@@H](NS(=O)(=O)c1nnc(NC(=O)c2ccc(Cl)cc2Cl)s1)c1ccc(C)cc1C. The smallest absolute Gasteiger partial charge is 0.270 e. The van der Waals surface area contributed by atoms with Crippen LogP contribution in [0.3, 0.4) is 0 Å². The molecule has 0 spiro atoms. The van der Waals surface area contributed by atoms with Crippen molar-refractivity contribution in [2.45, 2.75) is 37.6 Å². The number of hydrogen-bond acceptors (Lipinski definition) is 6. The molecule has 0 aliphatic rings. The number of aromatic nitrogens is 2. The Bertz CT molecular complexity index is 1230. The van der Waals surface area contributed by atoms with Gasteiger partial charge in [0.25, 0.3) is 15.9 Å². The minimum atomic E-state index is -3.94. The van der Waals surface area contributed by atoms with Crippen LogP contribution >= 0.6 is 34.5 Å². The molecule has 2 N–H and O–H groups in total. The van der Waals surface area contributed by atoms with Crippen LogP contribution in [0.4, 0.5) is 5.13 Å². The van der Waals surface area contributed by atoms with Crippen LogP contribution in [0.25, 0.3) is 0 Å². The number of nitrogens with zero attached hydrogens (tertiary/aromatic N) is 2. The van der Waals surface area contributed by atoms with Crippen LogP contribution < -0.4 is 10.0 Å². The Balaban J connectivity index is 1.77. The minimum absolute atomic E-state index is 0.0379. The molecule has 0 bridgehead atoms. The van der Waals surface area contributed by atoms with Gasteiger partial charge in [-0.25, -0.2) is 13.1 Å². The molecule has 3 rings (SSSR count). The lowest BCUT2D eigenvalue weighted by Crippen LogP contribution is -2.28. The number of sulfonamides is 1. The lowest BCUT2D eigenvalue weighted by Gasteiger charge is -2.19. The lowest BCUT2D eigenvalue weighted by atomic mass is 9.98. The van der Waals surface area contributed by atoms with Crippen LogP contribution in [0.1, 0.15) is 46.4 Å². The standard InChI is InChI=1S/C20H20Cl2N4O3S2/c1-4-17(14-7-5-11(2)9-12(14)3)26-31(28,29)20-25-24-19(30-20)23-18(27)15-8-6-13(21)10-16(15)22/h5-10,17,26H,4H2,1-3H3,(H,23,24,27)/t17-/m1/s1. The van der Waals surface area contributed by atoms with Crippen molar-refractivity contribution in [1.82, 2.24) is 14.9 Å². The van der Waals surface area contributed by atoms with E-state index in [4.69, 9.17) is 23.2 Å². The molecule has 0 saturated heterocycles. The van der Waals surface area contributed by atoms with Crippen LogP contribution in [-0.2, 0) is 10.0 Å². The summed E-state index contributed by atoms with van der Waals surface area (Å²) in [7, 11) is -3.94. The van der Waals surface area contributed by atoms with Crippen molar-refractivity contribution in [3.63, 3.8) is 0 Å². The average Bonchev–Trinajstić information content (AvgIpc) is 3.16. The Morgan fingerprint density at radius 2 is 1.87 bits per heavy atom. The second-order valence-corrected chi connectivity index (χ2v) is 10.6. The molecule has 7 nitrogen and oxygen atoms in total. The van der Waals surface area contributed by atoms with Crippen molar-refractivity contribution in [2.24, 2.45) is 0 Å². The number of anilines is 1. The Morgan fingerprint density at radius 1 is 1.13 bits per heavy atom. The monoisotopic (exact) mass is 498 g/mol. The van der Waals surface area contributed by atoms with Gasteiger partial charge >= 0.3 is 0 Å². The highest BCUT2D eigenvalue weighted by Crippen LogP contribution is 2.27. The van der Waals surface area contributed by atoms with Gasteiger partial charge in [-0.3, -0.25) is 10.1 Å². The van der Waals surface area contributed by atoms with Crippen LogP contribution in [0.2, 0.25) is 10.0 Å². The van der Waals surface area contributed by atoms with Gasteiger partial charge in [0, 0.05) is 11.1 Å². The normalized spacial score (nSPS) is 12.5. The molecule has 11 heteroatoms. The van der Waals surface area contributed by atoms with Gasteiger partial charge in [-0.2, -0.15) is 0 Å². The number of hydrogen-bond donors (Lipinski definition) is 2. The number of carbonyl (C=O) groups is 1. The fourth-order valence-corrected chi connectivity index (χ4v) is 5.73. The van der Waals surface area contributed by atoms with E-state index in [0.29, 0.717) is 11.4 Å². The van der Waals surface area contributed by atoms with E-state index in [1.54, 1.807) is 0 Å². The molecular weight excluding hydrogens is 479 g/mol. The molecule has 0 fully saturated rings. The Kier molecular flexibility index (Phi) is 7.33. The van der Waals surface area contributed by atoms with Gasteiger partial charge in [-0.05, 0) is 49.6 Å². The minimum Gasteiger partial charge on any atom is -0.296 e. The first kappa shape index (κ1) is 23.6. The maximum absolute atomic E-state index is 12.9. The first-order valence-electron chi connectivity index (χ1n) is 9.30. The fraction of sp³-hybridized carbons (Fsp3) is 0.250. The van der Waals surface area contributed by atoms with E-state index in [0.717, 1.165) is 28.0 Å². The summed E-state index contributed by atoms with van der Waals surface area (Å²) in [6, 6.07) is 9.89. The van der Waals surface area contributed by atoms with E-state index in [-0.39, 0.29) is 20.1 Å². The summed E-state index contributed by atoms with van der Waals surface area (Å²) in [5.41, 5.74) is 3.18. The van der Waals surface area contributed by atoms with E-state index in [9.17, 15) is 13.2 Å². The summed E-state index contributed by atoms with van der Waals surface area (Å²) < 4.78 is 28.2. The third-order valence-electron chi connectivity index (χ3n) is 4.54. The summed E-state index contributed by atoms with van der Waals surface area (Å²) in [5.74, 6) is -0.545. The number of halogens is 2. The molecular formula is C20H20Cl2N4O3S2. The van der Waals surface area contributed by atoms with Crippen LogP contribution in [0.5, 0.6) is 0 Å². The molecule has 1 amide bonds. The largest absolute Gasteiger partial charge is 0.296 e. The predicted molar refractivity (Wildman–Crippen MR) is 124 cm³/mol. The van der Waals surface area contributed by atoms with Gasteiger partial charge in [0.15, 0.2) is 0 Å². The highest BCUT2D eigenvalue weighted by Gasteiger charge is 2.26. The van der Waals surface area contributed by atoms with Crippen molar-refractivity contribution in [3.05, 3.63) is 68.7 Å². The first-order valence-corrected chi connectivity index (χ1v) is 12.4. The van der Waals surface area contributed by atoms with E-state index in [2.05, 4.69) is 20.2 Å². The Labute approximate surface area is 194 Å². The van der Waals surface area contributed by atoms with Crippen LogP contribution in [-0.4, -0.2) is 24.5 Å². The molecule has 1 atom stereocenters. The topological polar surface area (TPSA) is 101 Å². The average molecular weight is 499 g/mol. The maximum Gasteiger partial charge on any atom is 0.270 e. The summed E-state index contributed by atoms with van der Waals surface area (Å²) >= 11 is 12.6. The quantitative estimate of drug-likeness (QED) is 0.438. The molecule has 0 aliphatic heterocycles. The highest BCUT2D eigenvalue weighted by molar-refractivity contribution is 7.91. The predicted octanol–water partition coefficient (Wildman–Crippen LogP) is 5.14. The first-order chi connectivity index (χ1) is 14.6. The zero-order valence-corrected chi connectivity index (χ0v) is 20.1. The molecule has 0 aliphatic carbocycles. The second-order valence-electron chi connectivity index (χ2n) is 6.89. The molecule has 0 saturated carbocycles. The van der Waals surface area contributed by atoms with E-state index in [1.807, 2.05) is 39.0 Å². The molecule has 2 aromatic carbocycles. The Hall–Kier alpha value is -2.04. The highest BCUT2D eigenvalue weighted by atomic mass is 35.5. The third-order valence-corrected chi connectivity index (χ3v) is 7.76. The summed E-state index contributed by atoms with van der Waals surface area (Å²) in [5, 5.41) is 10.6. The fourth-order valence-electron chi connectivity index (χ4n) is 3.03. The number of rotatable bonds is 7. The number of aryl methyl sites for hydroxylation is 2. The number of carbonyl (C=O) groups excluding carboxylic acids is 1. The van der Waals surface area contributed by atoms with Gasteiger partial charge in [-0.15, -0.1) is 10.2 Å². The van der Waals surface area contributed by atoms with Crippen molar-refractivity contribution < 1.29 is 13.2 Å². The van der Waals surface area contributed by atoms with Crippen molar-refractivity contribution in [2.75, 3.05) is 5.32 Å². The van der Waals surface area contributed by atoms with E-state index in [1.165, 1.54) is 18.2 Å². The van der Waals surface area contributed by atoms with Gasteiger partial charge < -0.3 is 0 Å². The van der Waals surface area contributed by atoms with Gasteiger partial charge in [0.05, 0.1) is 10.6 Å². The maximum atomic E-state index is 12.9. The van der Waals surface area contributed by atoms with Crippen LogP contribution in [0, 0.1) is 13.8 Å². The van der Waals surface area contributed by atoms with Gasteiger partial charge in [-0.1, -0.05) is 65.2 Å². The molecule has 1 aromatic heterocycles. The summed E-state index contributed by atoms with van der Waals surface area (Å²) in [4.78, 5) is 12.4. The number of nitrogens with one attached hydrogen (secondary N) is 2. The van der Waals surface area contributed by atoms with Crippen molar-refractivity contribution in [3.8, 4) is 0 Å². The molecule has 164 valence electrons. The lowest BCUT2D eigenvalue weighted by molar-refractivity contribution is 0.102. The molecule has 31 heavy (non-hydrogen) atoms. The molecule has 1 heterocycles.